The summed E-state index contributed by atoms with van der Waals surface area (Å²) < 4.78 is 84.7. The third kappa shape index (κ3) is 6.48. The molecule has 8 N–H and O–H groups in total. The topological polar surface area (TPSA) is 293 Å². The molecule has 0 saturated carbocycles. The van der Waals surface area contributed by atoms with Crippen molar-refractivity contribution in [1.29, 1.82) is 0 Å². The fourth-order valence-electron chi connectivity index (χ4n) is 3.00. The predicted octanol–water partition coefficient (Wildman–Crippen LogP) is -5.65. The third-order valence-electron chi connectivity index (χ3n) is 4.36. The molecule has 0 aromatic rings. The molecule has 0 spiro atoms. The van der Waals surface area contributed by atoms with Crippen LogP contribution < -0.4 is 0 Å². The van der Waals surface area contributed by atoms with Crippen LogP contribution in [-0.4, -0.2) is 131 Å². The molecular weight excluding hydrogens is 496 g/mol. The Morgan fingerprint density at radius 1 is 0.812 bits per heavy atom. The number of hydrogen-bond donors (Lipinski definition) is 8. The largest absolute Gasteiger partial charge is 0.479 e. The van der Waals surface area contributed by atoms with Crippen molar-refractivity contribution in [3.05, 3.63) is 0 Å². The van der Waals surface area contributed by atoms with Gasteiger partial charge in [-0.15, -0.1) is 0 Å². The molecule has 18 nitrogen and oxygen atoms in total. The van der Waals surface area contributed by atoms with Gasteiger partial charge in [-0.05, 0) is 0 Å². The minimum Gasteiger partial charge on any atom is -0.479 e. The highest BCUT2D eigenvalue weighted by Gasteiger charge is 2.55. The van der Waals surface area contributed by atoms with Crippen molar-refractivity contribution in [2.75, 3.05) is 6.61 Å². The van der Waals surface area contributed by atoms with Crippen LogP contribution in [0.2, 0.25) is 0 Å². The zero-order chi connectivity index (χ0) is 24.6. The Labute approximate surface area is 179 Å². The maximum absolute atomic E-state index is 11.5. The summed E-state index contributed by atoms with van der Waals surface area (Å²) >= 11 is 0. The summed E-state index contributed by atoms with van der Waals surface area (Å²) in [5.41, 5.74) is 0. The number of aliphatic hydroxyl groups excluding tert-OH is 5. The van der Waals surface area contributed by atoms with E-state index in [2.05, 4.69) is 13.1 Å². The van der Waals surface area contributed by atoms with Crippen LogP contribution >= 0.6 is 0 Å². The molecule has 0 bridgehead atoms. The molecule has 20 heteroatoms. The van der Waals surface area contributed by atoms with Crippen molar-refractivity contribution < 1.29 is 84.0 Å². The number of aliphatic carboxylic acids is 1. The van der Waals surface area contributed by atoms with Crippen molar-refractivity contribution in [2.45, 2.75) is 61.4 Å². The first-order valence-electron chi connectivity index (χ1n) is 8.39. The van der Waals surface area contributed by atoms with Gasteiger partial charge in [0, 0.05) is 0 Å². The lowest BCUT2D eigenvalue weighted by atomic mass is 9.97. The number of carbonyl (C=O) groups is 1. The van der Waals surface area contributed by atoms with Crippen molar-refractivity contribution in [3.63, 3.8) is 0 Å². The standard InChI is InChI=1S/C12H20O18S2/c13-1-2-3(14)4(15)8(30-32(23,24)25)12(26-2)28-6-5(16)7(29-31(20,21)22)11(19)27-9(6)10(17)18/h2-9,11-16,19H,1H2,(H,17,18)(H,20,21,22)(H,23,24,25)/t2-,3+,4+,5+,6+,7-,8-,9+,11+,12-/m1/s1. The van der Waals surface area contributed by atoms with Gasteiger partial charge in [0.1, 0.15) is 30.5 Å². The Hall–Kier alpha value is -1.11. The van der Waals surface area contributed by atoms with E-state index in [-0.39, 0.29) is 0 Å². The first-order valence-corrected chi connectivity index (χ1v) is 11.1. The van der Waals surface area contributed by atoms with Crippen LogP contribution in [0.1, 0.15) is 0 Å². The molecule has 0 radical (unpaired) electrons. The molecule has 0 aromatic carbocycles. The van der Waals surface area contributed by atoms with Crippen LogP contribution in [0, 0.1) is 0 Å². The number of carboxylic acids is 1. The van der Waals surface area contributed by atoms with Gasteiger partial charge in [0.2, 0.25) is 0 Å². The van der Waals surface area contributed by atoms with Crippen LogP contribution in [0.5, 0.6) is 0 Å². The number of rotatable bonds is 8. The smallest absolute Gasteiger partial charge is 0.397 e. The van der Waals surface area contributed by atoms with Gasteiger partial charge in [-0.3, -0.25) is 9.11 Å². The zero-order valence-electron chi connectivity index (χ0n) is 15.5. The van der Waals surface area contributed by atoms with E-state index < -0.39 is 94.8 Å². The first kappa shape index (κ1) is 27.1. The summed E-state index contributed by atoms with van der Waals surface area (Å²) in [6.45, 7) is -0.990. The normalized spacial score (nSPS) is 41.3. The first-order chi connectivity index (χ1) is 14.6. The highest BCUT2D eigenvalue weighted by atomic mass is 32.3. The van der Waals surface area contributed by atoms with Crippen LogP contribution in [0.25, 0.3) is 0 Å². The molecule has 188 valence electrons. The SMILES string of the molecule is O=C(O)[C@H]1O[C@H](O)[C@H](OS(=O)(=O)O)[C@@H](O)[C@@H]1O[C@H]1O[C@H](CO)[C@H](O)[C@H](O)[C@H]1OS(=O)(=O)O. The Balaban J connectivity index is 2.40. The second kappa shape index (κ2) is 10.0. The molecule has 2 aliphatic heterocycles. The van der Waals surface area contributed by atoms with Gasteiger partial charge < -0.3 is 44.8 Å². The Morgan fingerprint density at radius 2 is 1.34 bits per heavy atom. The van der Waals surface area contributed by atoms with E-state index in [1.807, 2.05) is 0 Å². The fraction of sp³-hybridized carbons (Fsp3) is 0.917. The van der Waals surface area contributed by atoms with Crippen LogP contribution in [0.15, 0.2) is 0 Å². The molecular formula is C12H20O18S2. The maximum Gasteiger partial charge on any atom is 0.397 e. The highest BCUT2D eigenvalue weighted by Crippen LogP contribution is 2.31. The summed E-state index contributed by atoms with van der Waals surface area (Å²) in [5.74, 6) is -1.90. The number of hydrogen-bond acceptors (Lipinski definition) is 15. The van der Waals surface area contributed by atoms with E-state index in [1.165, 1.54) is 0 Å². The van der Waals surface area contributed by atoms with Gasteiger partial charge in [-0.1, -0.05) is 0 Å². The maximum atomic E-state index is 11.5. The van der Waals surface area contributed by atoms with Gasteiger partial charge in [0.15, 0.2) is 30.9 Å². The van der Waals surface area contributed by atoms with E-state index in [9.17, 15) is 52.3 Å². The molecule has 0 amide bonds. The van der Waals surface area contributed by atoms with E-state index >= 15 is 0 Å². The molecule has 0 unspecified atom stereocenters. The van der Waals surface area contributed by atoms with Crippen LogP contribution in [-0.2, 0) is 48.2 Å². The van der Waals surface area contributed by atoms with Gasteiger partial charge >= 0.3 is 26.8 Å². The quantitative estimate of drug-likeness (QED) is 0.139. The average Bonchev–Trinajstić information content (AvgIpc) is 2.64. The van der Waals surface area contributed by atoms with E-state index in [0.717, 1.165) is 0 Å². The molecule has 10 atom stereocenters. The molecule has 0 aliphatic carbocycles. The Morgan fingerprint density at radius 3 is 1.81 bits per heavy atom. The number of ether oxygens (including phenoxy) is 3. The fourth-order valence-corrected chi connectivity index (χ4v) is 3.97. The molecule has 0 aromatic heterocycles. The van der Waals surface area contributed by atoms with Gasteiger partial charge in [0.05, 0.1) is 6.61 Å². The molecule has 2 fully saturated rings. The summed E-state index contributed by atoms with van der Waals surface area (Å²) in [5, 5.41) is 58.5. The van der Waals surface area contributed by atoms with Crippen molar-refractivity contribution in [2.24, 2.45) is 0 Å². The lowest BCUT2D eigenvalue weighted by molar-refractivity contribution is -0.345. The van der Waals surface area contributed by atoms with E-state index in [1.54, 1.807) is 0 Å². The summed E-state index contributed by atoms with van der Waals surface area (Å²) in [6, 6.07) is 0. The predicted molar refractivity (Wildman–Crippen MR) is 90.0 cm³/mol. The lowest BCUT2D eigenvalue weighted by Gasteiger charge is -2.45. The minimum atomic E-state index is -5.35. The van der Waals surface area contributed by atoms with Gasteiger partial charge in [-0.25, -0.2) is 13.2 Å². The average molecular weight is 516 g/mol. The van der Waals surface area contributed by atoms with Crippen molar-refractivity contribution in [1.82, 2.24) is 0 Å². The number of carboxylic acid groups (broad SMARTS) is 1. The molecule has 2 heterocycles. The van der Waals surface area contributed by atoms with Crippen molar-refractivity contribution in [3.8, 4) is 0 Å². The van der Waals surface area contributed by atoms with Gasteiger partial charge in [-0.2, -0.15) is 16.8 Å². The zero-order valence-corrected chi connectivity index (χ0v) is 17.1. The Bertz CT molecular complexity index is 872. The summed E-state index contributed by atoms with van der Waals surface area (Å²) in [4.78, 5) is 11.5. The minimum absolute atomic E-state index is 0.990. The summed E-state index contributed by atoms with van der Waals surface area (Å²) in [7, 11) is -10.7. The monoisotopic (exact) mass is 516 g/mol. The van der Waals surface area contributed by atoms with E-state index in [4.69, 9.17) is 18.6 Å². The summed E-state index contributed by atoms with van der Waals surface area (Å²) in [6.07, 6.45) is -22.2. The second-order valence-electron chi connectivity index (χ2n) is 6.56. The lowest BCUT2D eigenvalue weighted by Crippen LogP contribution is -2.66. The van der Waals surface area contributed by atoms with E-state index in [0.29, 0.717) is 0 Å². The second-order valence-corrected chi connectivity index (χ2v) is 8.66. The van der Waals surface area contributed by atoms with Crippen molar-refractivity contribution >= 4 is 26.8 Å². The third-order valence-corrected chi connectivity index (χ3v) is 5.29. The van der Waals surface area contributed by atoms with Crippen LogP contribution in [0.3, 0.4) is 0 Å². The highest BCUT2D eigenvalue weighted by molar-refractivity contribution is 7.81. The Kier molecular flexibility index (Phi) is 8.50. The molecule has 2 aliphatic rings. The molecule has 2 rings (SSSR count). The van der Waals surface area contributed by atoms with Gasteiger partial charge in [0.25, 0.3) is 0 Å². The number of aliphatic hydroxyl groups is 5. The van der Waals surface area contributed by atoms with Crippen LogP contribution in [0.4, 0.5) is 0 Å². The molecule has 32 heavy (non-hydrogen) atoms. The molecule has 2 saturated heterocycles.